The maximum atomic E-state index is 12.0. The number of hydrogen-bond donors (Lipinski definition) is 2. The largest absolute Gasteiger partial charge is 0.460 e. The fourth-order valence-corrected chi connectivity index (χ4v) is 4.98. The molecule has 5 rings (SSSR count). The molecule has 29 heavy (non-hydrogen) atoms. The molecular weight excluding hydrogens is 388 g/mol. The van der Waals surface area contributed by atoms with Crippen molar-refractivity contribution < 1.29 is 13.2 Å². The van der Waals surface area contributed by atoms with Gasteiger partial charge in [-0.05, 0) is 48.6 Å². The lowest BCUT2D eigenvalue weighted by Crippen LogP contribution is -2.29. The van der Waals surface area contributed by atoms with E-state index in [1.54, 1.807) is 12.1 Å². The van der Waals surface area contributed by atoms with Crippen molar-refractivity contribution in [2.45, 2.75) is 37.3 Å². The highest BCUT2D eigenvalue weighted by Crippen LogP contribution is 2.58. The maximum Gasteiger partial charge on any atom is 0.301 e. The van der Waals surface area contributed by atoms with Crippen LogP contribution in [0.15, 0.2) is 47.5 Å². The molecule has 1 unspecified atom stereocenters. The normalized spacial score (nSPS) is 26.0. The van der Waals surface area contributed by atoms with Gasteiger partial charge in [-0.1, -0.05) is 24.3 Å². The molecular formula is C21H24N4O3S. The van der Waals surface area contributed by atoms with Crippen LogP contribution >= 0.6 is 0 Å². The van der Waals surface area contributed by atoms with Gasteiger partial charge in [-0.15, -0.1) is 0 Å². The number of nitrogens with zero attached hydrogens (tertiary/aromatic N) is 2. The van der Waals surface area contributed by atoms with Gasteiger partial charge in [-0.25, -0.2) is 4.99 Å². The van der Waals surface area contributed by atoms with Gasteiger partial charge in [-0.2, -0.15) is 12.7 Å². The van der Waals surface area contributed by atoms with Crippen molar-refractivity contribution in [2.24, 2.45) is 4.99 Å². The van der Waals surface area contributed by atoms with Crippen LogP contribution in [0.25, 0.3) is 0 Å². The zero-order valence-electron chi connectivity index (χ0n) is 16.5. The topological polar surface area (TPSA) is 83.0 Å². The average Bonchev–Trinajstić information content (AvgIpc) is 3.26. The van der Waals surface area contributed by atoms with Crippen LogP contribution in [0.3, 0.4) is 0 Å². The first kappa shape index (κ1) is 18.4. The molecule has 0 bridgehead atoms. The summed E-state index contributed by atoms with van der Waals surface area (Å²) in [6, 6.07) is 14.9. The number of amidine groups is 1. The molecule has 7 nitrogen and oxygen atoms in total. The van der Waals surface area contributed by atoms with Gasteiger partial charge in [-0.3, -0.25) is 4.72 Å². The van der Waals surface area contributed by atoms with Gasteiger partial charge in [0.2, 0.25) is 0 Å². The number of anilines is 2. The van der Waals surface area contributed by atoms with Crippen molar-refractivity contribution in [2.75, 3.05) is 24.1 Å². The second kappa shape index (κ2) is 6.47. The molecule has 1 spiro atoms. The van der Waals surface area contributed by atoms with Crippen molar-refractivity contribution in [3.05, 3.63) is 59.2 Å². The third kappa shape index (κ3) is 3.16. The Hall–Kier alpha value is -2.58. The highest BCUT2D eigenvalue weighted by molar-refractivity contribution is 7.90. The Balaban J connectivity index is 1.31. The Kier molecular flexibility index (Phi) is 4.11. The highest BCUT2D eigenvalue weighted by atomic mass is 32.2. The van der Waals surface area contributed by atoms with Crippen molar-refractivity contribution in [1.82, 2.24) is 4.31 Å². The van der Waals surface area contributed by atoms with Crippen molar-refractivity contribution in [3.8, 4) is 0 Å². The Bertz CT molecular complexity index is 1110. The second-order valence-corrected chi connectivity index (χ2v) is 10.0. The quantitative estimate of drug-likeness (QED) is 0.809. The minimum Gasteiger partial charge on any atom is -0.460 e. The smallest absolute Gasteiger partial charge is 0.301 e. The SMILES string of the molecule is CN(C)S(=O)(=O)Nc1ccc2c(c1)COC(=N[C@H]1CC13CCc1ccccc13)N2. The van der Waals surface area contributed by atoms with Gasteiger partial charge >= 0.3 is 10.2 Å². The van der Waals surface area contributed by atoms with E-state index in [0.29, 0.717) is 18.3 Å². The van der Waals surface area contributed by atoms with E-state index in [1.807, 2.05) is 6.07 Å². The number of nitrogens with one attached hydrogen (secondary N) is 2. The van der Waals surface area contributed by atoms with Crippen LogP contribution in [-0.2, 0) is 33.4 Å². The van der Waals surface area contributed by atoms with Gasteiger partial charge in [0.05, 0.1) is 11.7 Å². The lowest BCUT2D eigenvalue weighted by molar-refractivity contribution is 0.283. The van der Waals surface area contributed by atoms with E-state index in [-0.39, 0.29) is 11.5 Å². The van der Waals surface area contributed by atoms with E-state index in [0.717, 1.165) is 34.8 Å². The number of benzene rings is 2. The molecule has 152 valence electrons. The molecule has 1 fully saturated rings. The first-order valence-electron chi connectivity index (χ1n) is 9.77. The predicted molar refractivity (Wildman–Crippen MR) is 113 cm³/mol. The van der Waals surface area contributed by atoms with E-state index >= 15 is 0 Å². The molecule has 2 N–H and O–H groups in total. The molecule has 0 saturated heterocycles. The lowest BCUT2D eigenvalue weighted by atomic mass is 9.98. The summed E-state index contributed by atoms with van der Waals surface area (Å²) < 4.78 is 33.5. The summed E-state index contributed by atoms with van der Waals surface area (Å²) in [5.41, 5.74) is 5.37. The fraction of sp³-hybridized carbons (Fsp3) is 0.381. The number of rotatable bonds is 4. The van der Waals surface area contributed by atoms with E-state index in [2.05, 4.69) is 34.3 Å². The zero-order valence-corrected chi connectivity index (χ0v) is 17.3. The number of aryl methyl sites for hydroxylation is 1. The number of ether oxygens (including phenoxy) is 1. The minimum absolute atomic E-state index is 0.184. The van der Waals surface area contributed by atoms with Crippen LogP contribution in [0.2, 0.25) is 0 Å². The van der Waals surface area contributed by atoms with Crippen molar-refractivity contribution in [1.29, 1.82) is 0 Å². The summed E-state index contributed by atoms with van der Waals surface area (Å²) in [6.07, 6.45) is 3.34. The molecule has 2 aromatic rings. The number of aliphatic imine (C=N–C) groups is 1. The van der Waals surface area contributed by atoms with Gasteiger partial charge in [0.15, 0.2) is 0 Å². The molecule has 1 saturated carbocycles. The first-order valence-corrected chi connectivity index (χ1v) is 11.2. The van der Waals surface area contributed by atoms with Crippen LogP contribution < -0.4 is 10.0 Å². The van der Waals surface area contributed by atoms with Gasteiger partial charge < -0.3 is 10.1 Å². The molecule has 2 atom stereocenters. The van der Waals surface area contributed by atoms with E-state index < -0.39 is 10.2 Å². The van der Waals surface area contributed by atoms with Crippen molar-refractivity contribution >= 4 is 27.6 Å². The Morgan fingerprint density at radius 1 is 1.21 bits per heavy atom. The molecule has 2 aliphatic carbocycles. The monoisotopic (exact) mass is 412 g/mol. The summed E-state index contributed by atoms with van der Waals surface area (Å²) in [4.78, 5) is 4.85. The zero-order chi connectivity index (χ0) is 20.2. The Labute approximate surface area is 171 Å². The van der Waals surface area contributed by atoms with Crippen LogP contribution in [0.1, 0.15) is 29.5 Å². The maximum absolute atomic E-state index is 12.0. The van der Waals surface area contributed by atoms with Crippen LogP contribution in [0, 0.1) is 0 Å². The molecule has 3 aliphatic rings. The minimum atomic E-state index is -3.54. The van der Waals surface area contributed by atoms with Gasteiger partial charge in [0, 0.05) is 30.8 Å². The van der Waals surface area contributed by atoms with E-state index in [1.165, 1.54) is 25.2 Å². The summed E-state index contributed by atoms with van der Waals surface area (Å²) in [5.74, 6) is 0. The molecule has 0 radical (unpaired) electrons. The van der Waals surface area contributed by atoms with Crippen molar-refractivity contribution in [3.63, 3.8) is 0 Å². The van der Waals surface area contributed by atoms with Crippen LogP contribution in [0.4, 0.5) is 11.4 Å². The second-order valence-electron chi connectivity index (χ2n) is 8.14. The third-order valence-corrected chi connectivity index (χ3v) is 7.60. The van der Waals surface area contributed by atoms with Gasteiger partial charge in [0.1, 0.15) is 6.61 Å². The average molecular weight is 413 g/mol. The van der Waals surface area contributed by atoms with Crippen LogP contribution in [0.5, 0.6) is 0 Å². The molecule has 2 aromatic carbocycles. The molecule has 0 aromatic heterocycles. The van der Waals surface area contributed by atoms with E-state index in [4.69, 9.17) is 9.73 Å². The lowest BCUT2D eigenvalue weighted by Gasteiger charge is -2.22. The molecule has 1 aliphatic heterocycles. The summed E-state index contributed by atoms with van der Waals surface area (Å²) in [7, 11) is -0.560. The Morgan fingerprint density at radius 3 is 2.86 bits per heavy atom. The molecule has 0 amide bonds. The van der Waals surface area contributed by atoms with Gasteiger partial charge in [0.25, 0.3) is 6.02 Å². The number of fused-ring (bicyclic) bond motifs is 3. The summed E-state index contributed by atoms with van der Waals surface area (Å²) in [6.45, 7) is 0.356. The van der Waals surface area contributed by atoms with E-state index in [9.17, 15) is 8.42 Å². The standard InChI is InChI=1S/C21H24N4O3S/c1-25(2)29(26,27)24-16-7-8-18-15(11-16)13-28-20(22-18)23-19-12-21(19)10-9-14-5-3-4-6-17(14)21/h3-8,11,19,24H,9-10,12-13H2,1-2H3,(H,22,23)/t19-,21?/m0/s1. The highest BCUT2D eigenvalue weighted by Gasteiger charge is 2.58. The predicted octanol–water partition coefficient (Wildman–Crippen LogP) is 2.86. The van der Waals surface area contributed by atoms with Crippen LogP contribution in [-0.4, -0.2) is 38.9 Å². The first-order chi connectivity index (χ1) is 13.9. The molecule has 1 heterocycles. The fourth-order valence-electron chi connectivity index (χ4n) is 4.38. The summed E-state index contributed by atoms with van der Waals surface area (Å²) >= 11 is 0. The third-order valence-electron chi connectivity index (χ3n) is 6.14. The Morgan fingerprint density at radius 2 is 2.03 bits per heavy atom. The summed E-state index contributed by atoms with van der Waals surface area (Å²) in [5, 5.41) is 3.25. The number of hydrogen-bond acceptors (Lipinski definition) is 4. The molecule has 8 heteroatoms.